The Hall–Kier alpha value is -1.95. The van der Waals surface area contributed by atoms with Crippen molar-refractivity contribution in [3.05, 3.63) is 52.5 Å². The first-order chi connectivity index (χ1) is 13.0. The van der Waals surface area contributed by atoms with Crippen molar-refractivity contribution in [2.45, 2.75) is 13.0 Å². The molecule has 1 N–H and O–H groups in total. The van der Waals surface area contributed by atoms with E-state index in [-0.39, 0.29) is 11.9 Å². The summed E-state index contributed by atoms with van der Waals surface area (Å²) in [5.74, 6) is 0.775. The molecule has 0 bridgehead atoms. The summed E-state index contributed by atoms with van der Waals surface area (Å²) in [6.07, 6.45) is 0. The summed E-state index contributed by atoms with van der Waals surface area (Å²) < 4.78 is 5.30. The number of rotatable bonds is 5. The number of halogens is 2. The molecule has 1 amide bonds. The molecule has 0 radical (unpaired) electrons. The molecule has 1 fully saturated rings. The van der Waals surface area contributed by atoms with Gasteiger partial charge in [-0.05, 0) is 37.3 Å². The molecule has 2 aromatic carbocycles. The lowest BCUT2D eigenvalue weighted by Gasteiger charge is -2.38. The number of methoxy groups -OCH3 is 1. The highest BCUT2D eigenvalue weighted by atomic mass is 35.5. The van der Waals surface area contributed by atoms with Crippen LogP contribution in [0.25, 0.3) is 0 Å². The van der Waals surface area contributed by atoms with E-state index in [9.17, 15) is 4.79 Å². The van der Waals surface area contributed by atoms with Gasteiger partial charge in [-0.25, -0.2) is 0 Å². The van der Waals surface area contributed by atoms with Crippen LogP contribution in [0.3, 0.4) is 0 Å². The van der Waals surface area contributed by atoms with Gasteiger partial charge in [0.1, 0.15) is 5.75 Å². The Morgan fingerprint density at radius 2 is 1.85 bits per heavy atom. The van der Waals surface area contributed by atoms with Gasteiger partial charge in [-0.3, -0.25) is 9.69 Å². The van der Waals surface area contributed by atoms with Crippen molar-refractivity contribution >= 4 is 40.5 Å². The number of amides is 1. The molecule has 1 aliphatic heterocycles. The highest BCUT2D eigenvalue weighted by molar-refractivity contribution is 6.36. The number of nitrogens with zero attached hydrogens (tertiary/aromatic N) is 2. The van der Waals surface area contributed by atoms with Crippen LogP contribution in [0.4, 0.5) is 11.4 Å². The maximum atomic E-state index is 12.6. The van der Waals surface area contributed by atoms with Crippen LogP contribution in [0.15, 0.2) is 42.5 Å². The first-order valence-electron chi connectivity index (χ1n) is 8.87. The molecule has 1 heterocycles. The van der Waals surface area contributed by atoms with Gasteiger partial charge in [-0.2, -0.15) is 0 Å². The number of piperazine rings is 1. The van der Waals surface area contributed by atoms with E-state index in [2.05, 4.69) is 21.2 Å². The smallest absolute Gasteiger partial charge is 0.241 e. The van der Waals surface area contributed by atoms with E-state index >= 15 is 0 Å². The fourth-order valence-electron chi connectivity index (χ4n) is 3.17. The van der Waals surface area contributed by atoms with E-state index in [0.29, 0.717) is 15.7 Å². The van der Waals surface area contributed by atoms with Crippen molar-refractivity contribution in [2.24, 2.45) is 0 Å². The first kappa shape index (κ1) is 19.8. The predicted molar refractivity (Wildman–Crippen MR) is 111 cm³/mol. The Balaban J connectivity index is 1.57. The summed E-state index contributed by atoms with van der Waals surface area (Å²) in [6.45, 7) is 5.24. The average molecular weight is 408 g/mol. The minimum absolute atomic E-state index is 0.0750. The molecule has 3 rings (SSSR count). The van der Waals surface area contributed by atoms with Crippen LogP contribution < -0.4 is 15.0 Å². The third kappa shape index (κ3) is 4.86. The lowest BCUT2D eigenvalue weighted by molar-refractivity contribution is -0.120. The number of anilines is 2. The van der Waals surface area contributed by atoms with Gasteiger partial charge in [0.15, 0.2) is 0 Å². The second-order valence-corrected chi connectivity index (χ2v) is 7.36. The molecule has 0 aromatic heterocycles. The van der Waals surface area contributed by atoms with Gasteiger partial charge in [0.25, 0.3) is 0 Å². The third-order valence-corrected chi connectivity index (χ3v) is 5.40. The molecule has 1 aliphatic rings. The molecule has 0 saturated carbocycles. The van der Waals surface area contributed by atoms with Crippen LogP contribution in [0.5, 0.6) is 5.75 Å². The highest BCUT2D eigenvalue weighted by Crippen LogP contribution is 2.26. The van der Waals surface area contributed by atoms with Crippen LogP contribution in [0, 0.1) is 0 Å². The quantitative estimate of drug-likeness (QED) is 0.808. The Bertz CT molecular complexity index is 808. The van der Waals surface area contributed by atoms with E-state index in [1.54, 1.807) is 25.3 Å². The molecule has 7 heteroatoms. The molecule has 0 aliphatic carbocycles. The predicted octanol–water partition coefficient (Wildman–Crippen LogP) is 4.15. The molecule has 144 valence electrons. The highest BCUT2D eigenvalue weighted by Gasteiger charge is 2.26. The summed E-state index contributed by atoms with van der Waals surface area (Å²) in [7, 11) is 1.67. The summed E-state index contributed by atoms with van der Waals surface area (Å²) >= 11 is 12.0. The third-order valence-electron chi connectivity index (χ3n) is 4.85. The van der Waals surface area contributed by atoms with Crippen molar-refractivity contribution in [2.75, 3.05) is 43.5 Å². The van der Waals surface area contributed by atoms with Gasteiger partial charge >= 0.3 is 0 Å². The summed E-state index contributed by atoms with van der Waals surface area (Å²) in [5, 5.41) is 3.87. The molecule has 5 nitrogen and oxygen atoms in total. The van der Waals surface area contributed by atoms with Crippen molar-refractivity contribution in [1.82, 2.24) is 4.90 Å². The minimum atomic E-state index is -0.246. The number of nitrogens with one attached hydrogen (secondary N) is 1. The molecular formula is C20H23Cl2N3O2. The van der Waals surface area contributed by atoms with Crippen molar-refractivity contribution in [1.29, 1.82) is 0 Å². The zero-order valence-electron chi connectivity index (χ0n) is 15.4. The number of hydrogen-bond acceptors (Lipinski definition) is 4. The minimum Gasteiger partial charge on any atom is -0.497 e. The van der Waals surface area contributed by atoms with E-state index in [1.807, 2.05) is 25.1 Å². The molecule has 0 unspecified atom stereocenters. The van der Waals surface area contributed by atoms with Gasteiger partial charge in [0, 0.05) is 43.0 Å². The first-order valence-corrected chi connectivity index (χ1v) is 9.62. The molecule has 0 spiro atoms. The number of ether oxygens (including phenoxy) is 1. The lowest BCUT2D eigenvalue weighted by Crippen LogP contribution is -2.52. The molecule has 2 aromatic rings. The lowest BCUT2D eigenvalue weighted by atomic mass is 10.2. The maximum Gasteiger partial charge on any atom is 0.241 e. The molecule has 27 heavy (non-hydrogen) atoms. The standard InChI is InChI=1S/C20H23Cl2N3O2/c1-14(20(26)23-19-7-6-15(21)12-18(19)22)24-8-10-25(11-9-24)16-4-3-5-17(13-16)27-2/h3-7,12-14H,8-11H2,1-2H3,(H,23,26)/t14-/m0/s1. The van der Waals surface area contributed by atoms with Gasteiger partial charge in [-0.1, -0.05) is 29.3 Å². The van der Waals surface area contributed by atoms with Gasteiger partial charge in [0.2, 0.25) is 5.91 Å². The van der Waals surface area contributed by atoms with Crippen molar-refractivity contribution in [3.63, 3.8) is 0 Å². The summed E-state index contributed by atoms with van der Waals surface area (Å²) in [4.78, 5) is 17.1. The van der Waals surface area contributed by atoms with E-state index < -0.39 is 0 Å². The van der Waals surface area contributed by atoms with Gasteiger partial charge in [-0.15, -0.1) is 0 Å². The topological polar surface area (TPSA) is 44.8 Å². The van der Waals surface area contributed by atoms with Crippen LogP contribution in [0.1, 0.15) is 6.92 Å². The second-order valence-electron chi connectivity index (χ2n) is 6.51. The molecule has 1 atom stereocenters. The fourth-order valence-corrected chi connectivity index (χ4v) is 3.62. The van der Waals surface area contributed by atoms with E-state index in [1.165, 1.54) is 0 Å². The molecular weight excluding hydrogens is 385 g/mol. The van der Waals surface area contributed by atoms with E-state index in [0.717, 1.165) is 37.6 Å². The monoisotopic (exact) mass is 407 g/mol. The van der Waals surface area contributed by atoms with Crippen LogP contribution in [0.2, 0.25) is 10.0 Å². The zero-order valence-corrected chi connectivity index (χ0v) is 16.9. The second kappa shape index (κ2) is 8.83. The van der Waals surface area contributed by atoms with Crippen LogP contribution in [-0.4, -0.2) is 50.1 Å². The molecule has 1 saturated heterocycles. The van der Waals surface area contributed by atoms with Crippen LogP contribution in [-0.2, 0) is 4.79 Å². The largest absolute Gasteiger partial charge is 0.497 e. The van der Waals surface area contributed by atoms with Crippen molar-refractivity contribution in [3.8, 4) is 5.75 Å². The van der Waals surface area contributed by atoms with Crippen LogP contribution >= 0.6 is 23.2 Å². The Kier molecular flexibility index (Phi) is 6.47. The average Bonchev–Trinajstić information content (AvgIpc) is 2.69. The Morgan fingerprint density at radius 1 is 1.11 bits per heavy atom. The number of carbonyl (C=O) groups is 1. The summed E-state index contributed by atoms with van der Waals surface area (Å²) in [6, 6.07) is 12.8. The Morgan fingerprint density at radius 3 is 2.52 bits per heavy atom. The maximum absolute atomic E-state index is 12.6. The van der Waals surface area contributed by atoms with Gasteiger partial charge in [0.05, 0.1) is 23.9 Å². The normalized spacial score (nSPS) is 16.1. The number of benzene rings is 2. The Labute approximate surface area is 169 Å². The fraction of sp³-hybridized carbons (Fsp3) is 0.350. The SMILES string of the molecule is COc1cccc(N2CCN([C@@H](C)C(=O)Nc3ccc(Cl)cc3Cl)CC2)c1. The number of carbonyl (C=O) groups excluding carboxylic acids is 1. The number of hydrogen-bond donors (Lipinski definition) is 1. The van der Waals surface area contributed by atoms with Crippen molar-refractivity contribution < 1.29 is 9.53 Å². The van der Waals surface area contributed by atoms with E-state index in [4.69, 9.17) is 27.9 Å². The van der Waals surface area contributed by atoms with Gasteiger partial charge < -0.3 is 15.0 Å². The zero-order chi connectivity index (χ0) is 19.4. The summed E-state index contributed by atoms with van der Waals surface area (Å²) in [5.41, 5.74) is 1.71.